The highest BCUT2D eigenvalue weighted by Crippen LogP contribution is 2.17. The molecule has 24 heavy (non-hydrogen) atoms. The summed E-state index contributed by atoms with van der Waals surface area (Å²) in [6.45, 7) is 0. The second-order valence-corrected chi connectivity index (χ2v) is 4.92. The monoisotopic (exact) mass is 326 g/mol. The molecule has 9 heteroatoms. The molecule has 1 aromatic carbocycles. The molecule has 122 valence electrons. The van der Waals surface area contributed by atoms with Crippen molar-refractivity contribution in [3.63, 3.8) is 0 Å². The van der Waals surface area contributed by atoms with Crippen LogP contribution in [-0.4, -0.2) is 48.8 Å². The highest BCUT2D eigenvalue weighted by Gasteiger charge is 2.15. The van der Waals surface area contributed by atoms with Crippen molar-refractivity contribution in [2.24, 2.45) is 0 Å². The molecule has 3 N–H and O–H groups in total. The van der Waals surface area contributed by atoms with Gasteiger partial charge in [0.05, 0.1) is 13.3 Å². The molecule has 0 spiro atoms. The van der Waals surface area contributed by atoms with E-state index in [1.54, 1.807) is 13.3 Å². The van der Waals surface area contributed by atoms with E-state index in [0.717, 1.165) is 17.4 Å². The summed E-state index contributed by atoms with van der Waals surface area (Å²) in [5.41, 5.74) is 2.00. The summed E-state index contributed by atoms with van der Waals surface area (Å²) in [5, 5.41) is 29.1. The number of ether oxygens (including phenoxy) is 1. The Labute approximate surface area is 136 Å². The summed E-state index contributed by atoms with van der Waals surface area (Å²) in [7, 11) is 1.60. The van der Waals surface area contributed by atoms with Crippen molar-refractivity contribution in [2.45, 2.75) is 6.42 Å². The molecule has 9 nitrogen and oxygen atoms in total. The van der Waals surface area contributed by atoms with Crippen molar-refractivity contribution in [1.29, 1.82) is 0 Å². The first kappa shape index (κ1) is 15.4. The average Bonchev–Trinajstić information content (AvgIpc) is 3.27. The minimum Gasteiger partial charge on any atom is -0.504 e. The number of H-pyrrole nitrogens is 2. The number of hydrogen-bond donors (Lipinski definition) is 3. The van der Waals surface area contributed by atoms with Crippen LogP contribution in [-0.2, 0) is 6.42 Å². The van der Waals surface area contributed by atoms with Crippen LogP contribution < -0.4 is 4.74 Å². The van der Waals surface area contributed by atoms with Gasteiger partial charge in [0, 0.05) is 18.1 Å². The summed E-state index contributed by atoms with van der Waals surface area (Å²) in [6.07, 6.45) is 3.12. The molecule has 0 bridgehead atoms. The Morgan fingerprint density at radius 3 is 2.79 bits per heavy atom. The Balaban J connectivity index is 1.79. The number of methoxy groups -OCH3 is 1. The number of aliphatic hydroxyl groups excluding tert-OH is 1. The predicted molar refractivity (Wildman–Crippen MR) is 83.5 cm³/mol. The quantitative estimate of drug-likeness (QED) is 0.353. The van der Waals surface area contributed by atoms with E-state index >= 15 is 0 Å². The lowest BCUT2D eigenvalue weighted by molar-refractivity contribution is 0.104. The number of allylic oxidation sites excluding steroid dienone is 1. The maximum Gasteiger partial charge on any atom is 0.239 e. The van der Waals surface area contributed by atoms with Gasteiger partial charge in [-0.25, -0.2) is 0 Å². The molecule has 2 heterocycles. The minimum absolute atomic E-state index is 0.0560. The molecule has 0 unspecified atom stereocenters. The molecule has 0 saturated carbocycles. The molecule has 0 atom stereocenters. The smallest absolute Gasteiger partial charge is 0.239 e. The van der Waals surface area contributed by atoms with E-state index in [1.165, 1.54) is 0 Å². The first-order valence-electron chi connectivity index (χ1n) is 7.01. The van der Waals surface area contributed by atoms with Gasteiger partial charge in [-0.05, 0) is 22.9 Å². The van der Waals surface area contributed by atoms with Crippen molar-refractivity contribution in [3.8, 4) is 5.75 Å². The first-order valence-corrected chi connectivity index (χ1v) is 7.01. The Kier molecular flexibility index (Phi) is 4.32. The number of hydrogen-bond acceptors (Lipinski definition) is 7. The highest BCUT2D eigenvalue weighted by atomic mass is 16.5. The normalized spacial score (nSPS) is 11.5. The van der Waals surface area contributed by atoms with Gasteiger partial charge in [-0.2, -0.15) is 10.3 Å². The van der Waals surface area contributed by atoms with E-state index in [0.29, 0.717) is 17.7 Å². The van der Waals surface area contributed by atoms with Gasteiger partial charge in [-0.15, -0.1) is 10.2 Å². The van der Waals surface area contributed by atoms with Crippen molar-refractivity contribution in [3.05, 3.63) is 59.2 Å². The van der Waals surface area contributed by atoms with Crippen molar-refractivity contribution in [1.82, 2.24) is 30.8 Å². The maximum absolute atomic E-state index is 12.3. The van der Waals surface area contributed by atoms with Crippen LogP contribution in [0.2, 0.25) is 0 Å². The fourth-order valence-electron chi connectivity index (χ4n) is 2.15. The lowest BCUT2D eigenvalue weighted by atomic mass is 10.0. The van der Waals surface area contributed by atoms with Crippen LogP contribution in [0, 0.1) is 0 Å². The van der Waals surface area contributed by atoms with Crippen LogP contribution >= 0.6 is 0 Å². The Bertz CT molecular complexity index is 852. The highest BCUT2D eigenvalue weighted by molar-refractivity contribution is 6.07. The zero-order valence-corrected chi connectivity index (χ0v) is 12.7. The van der Waals surface area contributed by atoms with Crippen LogP contribution in [0.5, 0.6) is 5.75 Å². The fourth-order valence-corrected chi connectivity index (χ4v) is 2.15. The number of aliphatic hydroxyl groups is 1. The van der Waals surface area contributed by atoms with Crippen molar-refractivity contribution in [2.75, 3.05) is 7.11 Å². The van der Waals surface area contributed by atoms with Crippen LogP contribution in [0.3, 0.4) is 0 Å². The number of nitrogens with one attached hydrogen (secondary N) is 2. The lowest BCUT2D eigenvalue weighted by Crippen LogP contribution is -2.02. The fraction of sp³-hybridized carbons (Fsp3) is 0.133. The molecule has 2 aromatic heterocycles. The second-order valence-electron chi connectivity index (χ2n) is 4.92. The number of carbonyl (C=O) groups excluding carboxylic acids is 1. The zero-order valence-electron chi connectivity index (χ0n) is 12.7. The third-order valence-electron chi connectivity index (χ3n) is 3.36. The van der Waals surface area contributed by atoms with Gasteiger partial charge in [0.2, 0.25) is 11.6 Å². The summed E-state index contributed by atoms with van der Waals surface area (Å²) >= 11 is 0. The SMILES string of the molecule is COc1ccc(Cc2cn[nH]c2C(=O)C=C(O)c2nn[nH]n2)cc1. The number of rotatable bonds is 6. The van der Waals surface area contributed by atoms with Crippen molar-refractivity contribution >= 4 is 11.5 Å². The number of aromatic amines is 2. The molecular formula is C15H14N6O3. The average molecular weight is 326 g/mol. The third kappa shape index (κ3) is 3.29. The number of nitrogens with zero attached hydrogens (tertiary/aromatic N) is 4. The zero-order chi connectivity index (χ0) is 16.9. The molecule has 3 aromatic rings. The summed E-state index contributed by atoms with van der Waals surface area (Å²) < 4.78 is 5.12. The summed E-state index contributed by atoms with van der Waals surface area (Å²) in [4.78, 5) is 12.3. The minimum atomic E-state index is -0.432. The van der Waals surface area contributed by atoms with E-state index in [2.05, 4.69) is 30.8 Å². The van der Waals surface area contributed by atoms with Crippen LogP contribution in [0.25, 0.3) is 5.76 Å². The van der Waals surface area contributed by atoms with Crippen LogP contribution in [0.4, 0.5) is 0 Å². The molecule has 3 rings (SSSR count). The van der Waals surface area contributed by atoms with Crippen molar-refractivity contribution < 1.29 is 14.6 Å². The third-order valence-corrected chi connectivity index (χ3v) is 3.36. The maximum atomic E-state index is 12.3. The van der Waals surface area contributed by atoms with E-state index < -0.39 is 5.78 Å². The Morgan fingerprint density at radius 1 is 1.33 bits per heavy atom. The van der Waals surface area contributed by atoms with Gasteiger partial charge in [0.15, 0.2) is 5.76 Å². The van der Waals surface area contributed by atoms with Crippen LogP contribution in [0.15, 0.2) is 36.5 Å². The Hall–Kier alpha value is -3.49. The number of aromatic nitrogens is 6. The topological polar surface area (TPSA) is 130 Å². The van der Waals surface area contributed by atoms with Gasteiger partial charge in [0.1, 0.15) is 11.4 Å². The predicted octanol–water partition coefficient (Wildman–Crippen LogP) is 1.30. The summed E-state index contributed by atoms with van der Waals surface area (Å²) in [5.74, 6) is -0.105. The first-order chi connectivity index (χ1) is 11.7. The molecule has 0 aliphatic rings. The van der Waals surface area contributed by atoms with E-state index in [9.17, 15) is 9.90 Å². The molecule has 0 aliphatic carbocycles. The van der Waals surface area contributed by atoms with E-state index in [-0.39, 0.29) is 11.6 Å². The van der Waals surface area contributed by atoms with Gasteiger partial charge >= 0.3 is 0 Å². The van der Waals surface area contributed by atoms with Gasteiger partial charge in [-0.3, -0.25) is 9.89 Å². The number of carbonyl (C=O) groups is 1. The van der Waals surface area contributed by atoms with Crippen LogP contribution in [0.1, 0.15) is 27.4 Å². The summed E-state index contributed by atoms with van der Waals surface area (Å²) in [6, 6.07) is 7.51. The van der Waals surface area contributed by atoms with E-state index in [4.69, 9.17) is 4.74 Å². The standard InChI is InChI=1S/C15H14N6O3/c1-24-11-4-2-9(3-5-11)6-10-8-16-17-14(10)12(22)7-13(23)15-18-20-21-19-15/h2-5,7-8,23H,6H2,1H3,(H,16,17)(H,18,19,20,21). The molecule has 0 amide bonds. The molecule has 0 saturated heterocycles. The van der Waals surface area contributed by atoms with Gasteiger partial charge < -0.3 is 9.84 Å². The second kappa shape index (κ2) is 6.73. The number of benzene rings is 1. The number of ketones is 1. The molecular weight excluding hydrogens is 312 g/mol. The molecule has 0 fully saturated rings. The molecule has 0 aliphatic heterocycles. The van der Waals surface area contributed by atoms with Gasteiger partial charge in [-0.1, -0.05) is 12.1 Å². The van der Waals surface area contributed by atoms with E-state index in [1.807, 2.05) is 24.3 Å². The lowest BCUT2D eigenvalue weighted by Gasteiger charge is -2.03. The number of tetrazole rings is 1. The van der Waals surface area contributed by atoms with Gasteiger partial charge in [0.25, 0.3) is 0 Å². The molecule has 0 radical (unpaired) electrons. The largest absolute Gasteiger partial charge is 0.504 e. The Morgan fingerprint density at radius 2 is 2.12 bits per heavy atom.